The molecule has 11 heteroatoms. The van der Waals surface area contributed by atoms with Gasteiger partial charge < -0.3 is 15.6 Å². The third-order valence-corrected chi connectivity index (χ3v) is 4.40. The van der Waals surface area contributed by atoms with Crippen LogP contribution in [0.1, 0.15) is 18.1 Å². The predicted molar refractivity (Wildman–Crippen MR) is 108 cm³/mol. The van der Waals surface area contributed by atoms with E-state index in [0.717, 1.165) is 23.2 Å². The Balaban J connectivity index is 1.60. The van der Waals surface area contributed by atoms with Gasteiger partial charge in [0.15, 0.2) is 0 Å². The number of alkyl halides is 3. The first-order valence-corrected chi connectivity index (χ1v) is 9.18. The number of carbonyl (C=O) groups excluding carboxylic acids is 2. The maximum Gasteiger partial charge on any atom is 0.419 e. The first-order valence-electron chi connectivity index (χ1n) is 8.80. The highest BCUT2D eigenvalue weighted by Gasteiger charge is 2.36. The number of amides is 3. The highest BCUT2D eigenvalue weighted by Crippen LogP contribution is 2.39. The molecule has 3 aromatic rings. The molecule has 0 fully saturated rings. The third-order valence-electron chi connectivity index (χ3n) is 4.09. The standard InChI is InChI=1S/C19H17ClF3N5O2/c1-10(29)25-17-26-13-6-5-11(9-15(13)27-17)7-8-24-18(30)28-14-4-2-3-12(20)16(14)19(21,22)23/h2-6,9H,7-8H2,1H3,(H2,24,28,30)(H2,25,26,27,29). The van der Waals surface area contributed by atoms with Crippen molar-refractivity contribution in [3.05, 3.63) is 52.5 Å². The van der Waals surface area contributed by atoms with Crippen LogP contribution in [0.25, 0.3) is 11.0 Å². The number of hydrogen-bond acceptors (Lipinski definition) is 3. The lowest BCUT2D eigenvalue weighted by atomic mass is 10.1. The van der Waals surface area contributed by atoms with Crippen LogP contribution in [0.3, 0.4) is 0 Å². The van der Waals surface area contributed by atoms with Crippen molar-refractivity contribution in [3.8, 4) is 0 Å². The molecule has 0 atom stereocenters. The second kappa shape index (κ2) is 8.62. The van der Waals surface area contributed by atoms with Crippen molar-refractivity contribution in [2.45, 2.75) is 19.5 Å². The van der Waals surface area contributed by atoms with Crippen molar-refractivity contribution in [3.63, 3.8) is 0 Å². The molecular formula is C19H17ClF3N5O2. The first-order chi connectivity index (χ1) is 14.1. The summed E-state index contributed by atoms with van der Waals surface area (Å²) in [4.78, 5) is 30.3. The fourth-order valence-corrected chi connectivity index (χ4v) is 3.12. The van der Waals surface area contributed by atoms with Gasteiger partial charge in [0, 0.05) is 13.5 Å². The van der Waals surface area contributed by atoms with Crippen LogP contribution in [0, 0.1) is 0 Å². The van der Waals surface area contributed by atoms with Gasteiger partial charge in [-0.1, -0.05) is 23.7 Å². The van der Waals surface area contributed by atoms with E-state index in [-0.39, 0.29) is 12.5 Å². The molecule has 0 saturated heterocycles. The molecule has 3 rings (SSSR count). The Morgan fingerprint density at radius 3 is 2.63 bits per heavy atom. The third kappa shape index (κ3) is 5.20. The van der Waals surface area contributed by atoms with Crippen LogP contribution >= 0.6 is 11.6 Å². The fraction of sp³-hybridized carbons (Fsp3) is 0.211. The summed E-state index contributed by atoms with van der Waals surface area (Å²) in [6, 6.07) is 8.16. The van der Waals surface area contributed by atoms with Crippen molar-refractivity contribution in [2.24, 2.45) is 0 Å². The van der Waals surface area contributed by atoms with E-state index >= 15 is 0 Å². The van der Waals surface area contributed by atoms with E-state index < -0.39 is 28.5 Å². The monoisotopic (exact) mass is 439 g/mol. The lowest BCUT2D eigenvalue weighted by molar-refractivity contribution is -0.136. The SMILES string of the molecule is CC(=O)Nc1nc2cc(CCNC(=O)Nc3cccc(Cl)c3C(F)(F)F)ccc2[nH]1. The molecule has 30 heavy (non-hydrogen) atoms. The minimum absolute atomic E-state index is 0.183. The number of nitrogens with one attached hydrogen (secondary N) is 4. The van der Waals surface area contributed by atoms with Crippen LogP contribution in [-0.4, -0.2) is 28.5 Å². The van der Waals surface area contributed by atoms with Crippen molar-refractivity contribution < 1.29 is 22.8 Å². The summed E-state index contributed by atoms with van der Waals surface area (Å²) < 4.78 is 39.4. The van der Waals surface area contributed by atoms with Gasteiger partial charge in [-0.3, -0.25) is 10.1 Å². The molecule has 0 aliphatic carbocycles. The number of aromatic nitrogens is 2. The average Bonchev–Trinajstić information content (AvgIpc) is 3.01. The molecule has 1 aromatic heterocycles. The number of fused-ring (bicyclic) bond motifs is 1. The number of benzene rings is 2. The second-order valence-electron chi connectivity index (χ2n) is 6.41. The Bertz CT molecular complexity index is 1100. The molecule has 0 bridgehead atoms. The van der Waals surface area contributed by atoms with Crippen LogP contribution in [0.4, 0.5) is 29.6 Å². The number of rotatable bonds is 5. The highest BCUT2D eigenvalue weighted by molar-refractivity contribution is 6.32. The van der Waals surface area contributed by atoms with Crippen LogP contribution < -0.4 is 16.0 Å². The normalized spacial score (nSPS) is 11.4. The minimum atomic E-state index is -4.70. The Labute approximate surface area is 174 Å². The van der Waals surface area contributed by atoms with Gasteiger partial charge in [-0.05, 0) is 36.2 Å². The van der Waals surface area contributed by atoms with Crippen LogP contribution in [0.5, 0.6) is 0 Å². The number of H-pyrrole nitrogens is 1. The van der Waals surface area contributed by atoms with E-state index in [0.29, 0.717) is 17.9 Å². The van der Waals surface area contributed by atoms with E-state index in [2.05, 4.69) is 25.9 Å². The number of urea groups is 1. The molecule has 158 valence electrons. The molecule has 3 amide bonds. The lowest BCUT2D eigenvalue weighted by Crippen LogP contribution is -2.31. The predicted octanol–water partition coefficient (Wildman–Crippen LogP) is 4.56. The van der Waals surface area contributed by atoms with Crippen molar-refractivity contribution in [1.29, 1.82) is 0 Å². The Hall–Kier alpha value is -3.27. The summed E-state index contributed by atoms with van der Waals surface area (Å²) in [5.41, 5.74) is 0.697. The number of anilines is 2. The summed E-state index contributed by atoms with van der Waals surface area (Å²) in [5, 5.41) is 6.75. The summed E-state index contributed by atoms with van der Waals surface area (Å²) >= 11 is 5.64. The number of nitrogens with zero attached hydrogens (tertiary/aromatic N) is 1. The topological polar surface area (TPSA) is 98.9 Å². The zero-order chi connectivity index (χ0) is 21.9. The summed E-state index contributed by atoms with van der Waals surface area (Å²) in [6.07, 6.45) is -4.27. The summed E-state index contributed by atoms with van der Waals surface area (Å²) in [7, 11) is 0. The zero-order valence-corrected chi connectivity index (χ0v) is 16.4. The zero-order valence-electron chi connectivity index (χ0n) is 15.7. The van der Waals surface area contributed by atoms with Crippen molar-refractivity contribution >= 4 is 46.2 Å². The first kappa shape index (κ1) is 21.4. The van der Waals surface area contributed by atoms with E-state index in [9.17, 15) is 22.8 Å². The molecule has 2 aromatic carbocycles. The number of halogens is 4. The smallest absolute Gasteiger partial charge is 0.338 e. The quantitative estimate of drug-likeness (QED) is 0.469. The van der Waals surface area contributed by atoms with Crippen LogP contribution in [-0.2, 0) is 17.4 Å². The van der Waals surface area contributed by atoms with Crippen molar-refractivity contribution in [2.75, 3.05) is 17.2 Å². The van der Waals surface area contributed by atoms with E-state index in [1.165, 1.54) is 13.0 Å². The van der Waals surface area contributed by atoms with E-state index in [1.54, 1.807) is 12.1 Å². The molecular weight excluding hydrogens is 423 g/mol. The Morgan fingerprint density at radius 2 is 1.93 bits per heavy atom. The van der Waals surface area contributed by atoms with Gasteiger partial charge in [-0.2, -0.15) is 13.2 Å². The molecule has 0 radical (unpaired) electrons. The van der Waals surface area contributed by atoms with E-state index in [4.69, 9.17) is 11.6 Å². The van der Waals surface area contributed by atoms with Gasteiger partial charge in [0.1, 0.15) is 0 Å². The summed E-state index contributed by atoms with van der Waals surface area (Å²) in [6.45, 7) is 1.55. The van der Waals surface area contributed by atoms with Crippen LogP contribution in [0.15, 0.2) is 36.4 Å². The maximum absolute atomic E-state index is 13.1. The van der Waals surface area contributed by atoms with E-state index in [1.807, 2.05) is 6.07 Å². The Kier molecular flexibility index (Phi) is 6.16. The molecule has 0 spiro atoms. The average molecular weight is 440 g/mol. The molecule has 7 nitrogen and oxygen atoms in total. The van der Waals surface area contributed by atoms with Gasteiger partial charge in [0.2, 0.25) is 11.9 Å². The number of hydrogen-bond donors (Lipinski definition) is 4. The number of aromatic amines is 1. The van der Waals surface area contributed by atoms with Gasteiger partial charge >= 0.3 is 12.2 Å². The van der Waals surface area contributed by atoms with Crippen molar-refractivity contribution in [1.82, 2.24) is 15.3 Å². The molecule has 1 heterocycles. The molecule has 4 N–H and O–H groups in total. The molecule has 0 unspecified atom stereocenters. The number of carbonyl (C=O) groups is 2. The maximum atomic E-state index is 13.1. The second-order valence-corrected chi connectivity index (χ2v) is 6.82. The van der Waals surface area contributed by atoms with Gasteiger partial charge in [-0.25, -0.2) is 9.78 Å². The summed E-state index contributed by atoms with van der Waals surface area (Å²) in [5.74, 6) is 0.0759. The highest BCUT2D eigenvalue weighted by atomic mass is 35.5. The minimum Gasteiger partial charge on any atom is -0.338 e. The number of imidazole rings is 1. The largest absolute Gasteiger partial charge is 0.419 e. The van der Waals surface area contributed by atoms with Gasteiger partial charge in [0.25, 0.3) is 0 Å². The van der Waals surface area contributed by atoms with Crippen LogP contribution in [0.2, 0.25) is 5.02 Å². The van der Waals surface area contributed by atoms with Gasteiger partial charge in [-0.15, -0.1) is 0 Å². The lowest BCUT2D eigenvalue weighted by Gasteiger charge is -2.15. The molecule has 0 aliphatic heterocycles. The molecule has 0 aliphatic rings. The van der Waals surface area contributed by atoms with Gasteiger partial charge in [0.05, 0.1) is 27.3 Å². The fourth-order valence-electron chi connectivity index (χ4n) is 2.84. The Morgan fingerprint density at radius 1 is 1.17 bits per heavy atom. The molecule has 0 saturated carbocycles.